The number of nitrogens with one attached hydrogen (secondary N) is 2. The maximum absolute atomic E-state index is 5.93. The number of nitrogens with zero attached hydrogens (tertiary/aromatic N) is 2. The first-order valence-corrected chi connectivity index (χ1v) is 11.1. The van der Waals surface area contributed by atoms with Crippen molar-refractivity contribution >= 4 is 29.9 Å². The molecule has 34 heavy (non-hydrogen) atoms. The minimum Gasteiger partial charge on any atom is -0.493 e. The molecule has 2 aromatic carbocycles. The molecule has 1 unspecified atom stereocenters. The summed E-state index contributed by atoms with van der Waals surface area (Å²) >= 11 is 0. The lowest BCUT2D eigenvalue weighted by atomic mass is 10.0. The molecule has 0 amide bonds. The number of aromatic nitrogens is 1. The van der Waals surface area contributed by atoms with Crippen molar-refractivity contribution in [2.75, 3.05) is 27.3 Å². The van der Waals surface area contributed by atoms with Gasteiger partial charge in [-0.3, -0.25) is 0 Å². The molecule has 1 atom stereocenters. The van der Waals surface area contributed by atoms with Crippen LogP contribution in [0.5, 0.6) is 23.1 Å². The fourth-order valence-electron chi connectivity index (χ4n) is 3.25. The maximum atomic E-state index is 5.93. The van der Waals surface area contributed by atoms with Gasteiger partial charge in [-0.05, 0) is 36.1 Å². The van der Waals surface area contributed by atoms with Crippen molar-refractivity contribution in [3.63, 3.8) is 0 Å². The van der Waals surface area contributed by atoms with E-state index in [1.807, 2.05) is 36.4 Å². The van der Waals surface area contributed by atoms with E-state index in [0.717, 1.165) is 24.6 Å². The minimum atomic E-state index is 0. The topological polar surface area (TPSA) is 77.0 Å². The quantitative estimate of drug-likeness (QED) is 0.192. The summed E-state index contributed by atoms with van der Waals surface area (Å²) in [7, 11) is 3.18. The van der Waals surface area contributed by atoms with Crippen LogP contribution in [0.2, 0.25) is 0 Å². The smallest absolute Gasteiger partial charge is 0.219 e. The summed E-state index contributed by atoms with van der Waals surface area (Å²) in [5, 5.41) is 6.72. The van der Waals surface area contributed by atoms with E-state index >= 15 is 0 Å². The number of hydrogen-bond acceptors (Lipinski definition) is 5. The standard InChI is InChI=1S/C26H32N4O3.HI/c1-5-27-26(29-16-19(2)21-10-7-6-8-11-21)30-18-20-14-15-24(28-17-20)33-25-22(31-3)12-9-13-23(25)32-4;/h6-15,17,19H,5,16,18H2,1-4H3,(H2,27,29,30);1H. The molecule has 0 aliphatic heterocycles. The maximum Gasteiger partial charge on any atom is 0.219 e. The SMILES string of the molecule is CCNC(=NCc1ccc(Oc2c(OC)cccc2OC)nc1)NCC(C)c1ccccc1.I. The van der Waals surface area contributed by atoms with Crippen LogP contribution >= 0.6 is 24.0 Å². The number of methoxy groups -OCH3 is 2. The van der Waals surface area contributed by atoms with E-state index in [0.29, 0.717) is 35.6 Å². The zero-order valence-electron chi connectivity index (χ0n) is 20.1. The van der Waals surface area contributed by atoms with Crippen LogP contribution in [-0.2, 0) is 6.54 Å². The van der Waals surface area contributed by atoms with Crippen molar-refractivity contribution in [2.45, 2.75) is 26.3 Å². The van der Waals surface area contributed by atoms with Crippen molar-refractivity contribution in [3.05, 3.63) is 78.0 Å². The van der Waals surface area contributed by atoms with Gasteiger partial charge in [0.2, 0.25) is 11.6 Å². The number of guanidine groups is 1. The van der Waals surface area contributed by atoms with Gasteiger partial charge in [0.05, 0.1) is 20.8 Å². The summed E-state index contributed by atoms with van der Waals surface area (Å²) in [5.74, 6) is 3.26. The second-order valence-electron chi connectivity index (χ2n) is 7.49. The van der Waals surface area contributed by atoms with E-state index in [9.17, 15) is 0 Å². The molecule has 0 bridgehead atoms. The lowest BCUT2D eigenvalue weighted by molar-refractivity contribution is 0.342. The molecule has 1 heterocycles. The largest absolute Gasteiger partial charge is 0.493 e. The molecule has 0 radical (unpaired) electrons. The van der Waals surface area contributed by atoms with Gasteiger partial charge < -0.3 is 24.8 Å². The third-order valence-corrected chi connectivity index (χ3v) is 5.10. The van der Waals surface area contributed by atoms with Gasteiger partial charge >= 0.3 is 0 Å². The predicted molar refractivity (Wildman–Crippen MR) is 147 cm³/mol. The molecular weight excluding hydrogens is 543 g/mol. The molecule has 7 nitrogen and oxygen atoms in total. The number of rotatable bonds is 10. The summed E-state index contributed by atoms with van der Waals surface area (Å²) in [5.41, 5.74) is 2.27. The molecule has 3 aromatic rings. The van der Waals surface area contributed by atoms with Gasteiger partial charge in [-0.1, -0.05) is 49.4 Å². The summed E-state index contributed by atoms with van der Waals surface area (Å²) in [6.07, 6.45) is 1.76. The molecule has 0 aliphatic rings. The van der Waals surface area contributed by atoms with E-state index in [1.165, 1.54) is 5.56 Å². The van der Waals surface area contributed by atoms with Crippen LogP contribution in [0.15, 0.2) is 71.9 Å². The van der Waals surface area contributed by atoms with Crippen molar-refractivity contribution in [1.29, 1.82) is 0 Å². The van der Waals surface area contributed by atoms with Gasteiger partial charge in [-0.15, -0.1) is 24.0 Å². The van der Waals surface area contributed by atoms with Gasteiger partial charge in [-0.25, -0.2) is 9.98 Å². The Morgan fingerprint density at radius 3 is 2.24 bits per heavy atom. The zero-order valence-corrected chi connectivity index (χ0v) is 22.4. The van der Waals surface area contributed by atoms with Crippen molar-refractivity contribution in [2.24, 2.45) is 4.99 Å². The first-order chi connectivity index (χ1) is 16.1. The van der Waals surface area contributed by atoms with Crippen LogP contribution in [0.1, 0.15) is 30.9 Å². The van der Waals surface area contributed by atoms with Crippen LogP contribution in [0.25, 0.3) is 0 Å². The lowest BCUT2D eigenvalue weighted by Gasteiger charge is -2.16. The molecule has 182 valence electrons. The number of ether oxygens (including phenoxy) is 3. The second-order valence-corrected chi connectivity index (χ2v) is 7.49. The number of para-hydroxylation sites is 1. The number of hydrogen-bond donors (Lipinski definition) is 2. The normalized spacial score (nSPS) is 11.7. The molecule has 0 fully saturated rings. The lowest BCUT2D eigenvalue weighted by Crippen LogP contribution is -2.39. The Morgan fingerprint density at radius 1 is 0.941 bits per heavy atom. The highest BCUT2D eigenvalue weighted by Crippen LogP contribution is 2.39. The summed E-state index contributed by atoms with van der Waals surface area (Å²) in [6, 6.07) is 19.7. The number of halogens is 1. The highest BCUT2D eigenvalue weighted by molar-refractivity contribution is 14.0. The molecule has 0 saturated carbocycles. The highest BCUT2D eigenvalue weighted by atomic mass is 127. The van der Waals surface area contributed by atoms with Crippen LogP contribution in [0.3, 0.4) is 0 Å². The molecule has 8 heteroatoms. The Bertz CT molecular complexity index is 1010. The van der Waals surface area contributed by atoms with Gasteiger partial charge in [-0.2, -0.15) is 0 Å². The molecule has 3 rings (SSSR count). The molecule has 0 aliphatic carbocycles. The Balaban J connectivity index is 0.00000408. The van der Waals surface area contributed by atoms with Crippen molar-refractivity contribution < 1.29 is 14.2 Å². The average molecular weight is 576 g/mol. The number of aliphatic imine (C=N–C) groups is 1. The molecule has 0 saturated heterocycles. The molecule has 0 spiro atoms. The van der Waals surface area contributed by atoms with E-state index in [2.05, 4.69) is 53.7 Å². The third kappa shape index (κ3) is 7.79. The highest BCUT2D eigenvalue weighted by Gasteiger charge is 2.13. The number of pyridine rings is 1. The first-order valence-electron chi connectivity index (χ1n) is 11.1. The molecule has 2 N–H and O–H groups in total. The fraction of sp³-hybridized carbons (Fsp3) is 0.308. The Hall–Kier alpha value is -3.01. The summed E-state index contributed by atoms with van der Waals surface area (Å²) < 4.78 is 16.7. The van der Waals surface area contributed by atoms with E-state index < -0.39 is 0 Å². The predicted octanol–water partition coefficient (Wildman–Crippen LogP) is 5.37. The molecule has 1 aromatic heterocycles. The van der Waals surface area contributed by atoms with Crippen molar-refractivity contribution in [1.82, 2.24) is 15.6 Å². The van der Waals surface area contributed by atoms with Gasteiger partial charge in [0.25, 0.3) is 0 Å². The van der Waals surface area contributed by atoms with E-state index in [1.54, 1.807) is 20.4 Å². The van der Waals surface area contributed by atoms with Gasteiger partial charge in [0.15, 0.2) is 17.5 Å². The Kier molecular flexibility index (Phi) is 11.5. The molecular formula is C26H33IN4O3. The van der Waals surface area contributed by atoms with Gasteiger partial charge in [0.1, 0.15) is 0 Å². The van der Waals surface area contributed by atoms with Crippen molar-refractivity contribution in [3.8, 4) is 23.1 Å². The fourth-order valence-corrected chi connectivity index (χ4v) is 3.25. The summed E-state index contributed by atoms with van der Waals surface area (Å²) in [4.78, 5) is 9.11. The van der Waals surface area contributed by atoms with Gasteiger partial charge in [0, 0.05) is 25.4 Å². The zero-order chi connectivity index (χ0) is 23.5. The Morgan fingerprint density at radius 2 is 1.65 bits per heavy atom. The minimum absolute atomic E-state index is 0. The first kappa shape index (κ1) is 27.2. The third-order valence-electron chi connectivity index (χ3n) is 5.10. The second kappa shape index (κ2) is 14.3. The Labute approximate surface area is 219 Å². The van der Waals surface area contributed by atoms with Crippen LogP contribution in [0.4, 0.5) is 0 Å². The van der Waals surface area contributed by atoms with Crippen LogP contribution in [-0.4, -0.2) is 38.3 Å². The summed E-state index contributed by atoms with van der Waals surface area (Å²) in [6.45, 7) is 6.34. The average Bonchev–Trinajstić information content (AvgIpc) is 2.87. The monoisotopic (exact) mass is 576 g/mol. The van der Waals surface area contributed by atoms with E-state index in [4.69, 9.17) is 19.2 Å². The van der Waals surface area contributed by atoms with Crippen LogP contribution < -0.4 is 24.8 Å². The van der Waals surface area contributed by atoms with E-state index in [-0.39, 0.29) is 24.0 Å². The number of benzene rings is 2. The van der Waals surface area contributed by atoms with Crippen LogP contribution in [0, 0.1) is 0 Å².